The van der Waals surface area contributed by atoms with Crippen molar-refractivity contribution in [2.75, 3.05) is 10.6 Å². The number of nitrogens with zero attached hydrogens (tertiary/aromatic N) is 5. The van der Waals surface area contributed by atoms with Crippen molar-refractivity contribution in [2.45, 2.75) is 11.3 Å². The Morgan fingerprint density at radius 1 is 0.550 bits per heavy atom. The van der Waals surface area contributed by atoms with E-state index in [0.717, 1.165) is 33.2 Å². The van der Waals surface area contributed by atoms with Gasteiger partial charge in [0.25, 0.3) is 0 Å². The zero-order chi connectivity index (χ0) is 26.6. The number of aromatic amines is 2. The number of hydrogen-bond acceptors (Lipinski definition) is 9. The molecular weight excluding hydrogens is 502 g/mol. The maximum Gasteiger partial charge on any atom is 0.228 e. The minimum Gasteiger partial charge on any atom is -0.325 e. The first kappa shape index (κ1) is 22.3. The second-order valence-electron chi connectivity index (χ2n) is 9.65. The molecule has 2 aliphatic rings. The number of guanidine groups is 2. The highest BCUT2D eigenvalue weighted by Crippen LogP contribution is 2.49. The third-order valence-corrected chi connectivity index (χ3v) is 7.22. The molecule has 194 valence electrons. The maximum absolute atomic E-state index is 5.19. The summed E-state index contributed by atoms with van der Waals surface area (Å²) in [5.74, 6) is 2.17. The number of para-hydroxylation sites is 4. The number of imidazole rings is 2. The third-order valence-electron chi connectivity index (χ3n) is 7.22. The molecule has 6 N–H and O–H groups in total. The Kier molecular flexibility index (Phi) is 4.68. The summed E-state index contributed by atoms with van der Waals surface area (Å²) in [6, 6.07) is 29.7. The maximum atomic E-state index is 5.19. The van der Waals surface area contributed by atoms with Gasteiger partial charge in [-0.15, -0.1) is 0 Å². The van der Waals surface area contributed by atoms with Crippen LogP contribution in [0.3, 0.4) is 0 Å². The highest BCUT2D eigenvalue weighted by molar-refractivity contribution is 6.01. The van der Waals surface area contributed by atoms with Crippen molar-refractivity contribution in [3.8, 4) is 0 Å². The van der Waals surface area contributed by atoms with Crippen LogP contribution >= 0.6 is 0 Å². The molecule has 0 unspecified atom stereocenters. The lowest BCUT2D eigenvalue weighted by molar-refractivity contribution is 0.234. The smallest absolute Gasteiger partial charge is 0.228 e. The number of nitrogens with one attached hydrogen (secondary N) is 6. The van der Waals surface area contributed by atoms with Crippen molar-refractivity contribution in [3.63, 3.8) is 0 Å². The lowest BCUT2D eigenvalue weighted by Gasteiger charge is -2.37. The van der Waals surface area contributed by atoms with Crippen LogP contribution in [-0.4, -0.2) is 36.8 Å². The second-order valence-corrected chi connectivity index (χ2v) is 9.65. The highest BCUT2D eigenvalue weighted by Gasteiger charge is 2.63. The zero-order valence-electron chi connectivity index (χ0n) is 21.1. The topological polar surface area (TPSA) is 143 Å². The van der Waals surface area contributed by atoms with E-state index in [1.165, 1.54) is 0 Å². The fraction of sp³-hybridized carbons (Fsp3) is 0.0690. The summed E-state index contributed by atoms with van der Waals surface area (Å²) >= 11 is 0. The molecule has 8 rings (SSSR count). The van der Waals surface area contributed by atoms with Gasteiger partial charge in [0.1, 0.15) is 0 Å². The van der Waals surface area contributed by atoms with Gasteiger partial charge in [0.05, 0.1) is 22.1 Å². The van der Waals surface area contributed by atoms with Crippen molar-refractivity contribution in [1.82, 2.24) is 35.6 Å². The molecule has 0 radical (unpaired) electrons. The van der Waals surface area contributed by atoms with E-state index in [1.807, 2.05) is 91.0 Å². The lowest BCUT2D eigenvalue weighted by Crippen LogP contribution is -2.60. The highest BCUT2D eigenvalue weighted by atomic mass is 15.5. The standard InChI is InChI=1S/C29H23N11/c1-2-8-18(9-3-1)28-29(19-14-16-30-17-15-19,39-26(37-28)35-24-31-20-10-4-5-11-21(20)32-24)40-27(38-28)36-25-33-22-12-6-7-13-23(22)34-25/h1-17H,(H3,31,32,35,37,39)(H3,33,34,36,38,40). The van der Waals surface area contributed by atoms with Gasteiger partial charge >= 0.3 is 0 Å². The average molecular weight is 526 g/mol. The summed E-state index contributed by atoms with van der Waals surface area (Å²) in [7, 11) is 0. The molecule has 11 heteroatoms. The van der Waals surface area contributed by atoms with E-state index in [0.29, 0.717) is 23.8 Å². The Morgan fingerprint density at radius 3 is 1.62 bits per heavy atom. The summed E-state index contributed by atoms with van der Waals surface area (Å²) in [4.78, 5) is 30.6. The first-order chi connectivity index (χ1) is 19.7. The van der Waals surface area contributed by atoms with Gasteiger partial charge in [-0.1, -0.05) is 54.6 Å². The predicted molar refractivity (Wildman–Crippen MR) is 155 cm³/mol. The number of fused-ring (bicyclic) bond motifs is 3. The van der Waals surface area contributed by atoms with Crippen LogP contribution in [0.15, 0.2) is 113 Å². The normalized spacial score (nSPS) is 21.4. The summed E-state index contributed by atoms with van der Waals surface area (Å²) in [6.07, 6.45) is 3.52. The van der Waals surface area contributed by atoms with Crippen molar-refractivity contribution in [2.24, 2.45) is 9.98 Å². The quantitative estimate of drug-likeness (QED) is 0.204. The SMILES string of the molecule is c1ccc(C23N=C(Nc4nc5ccccc5[nH]4)NC2(c2ccncc2)NC(Nc2nc4ccccc4[nH]2)=N3)cc1. The predicted octanol–water partition coefficient (Wildman–Crippen LogP) is 3.98. The molecule has 11 nitrogen and oxygen atoms in total. The average Bonchev–Trinajstić information content (AvgIpc) is 3.73. The number of aromatic nitrogens is 5. The summed E-state index contributed by atoms with van der Waals surface area (Å²) in [5, 5.41) is 13.9. The number of pyridine rings is 1. The molecule has 3 aromatic heterocycles. The Morgan fingerprint density at radius 2 is 1.07 bits per heavy atom. The van der Waals surface area contributed by atoms with Crippen LogP contribution in [0.1, 0.15) is 11.1 Å². The number of benzene rings is 3. The zero-order valence-corrected chi connectivity index (χ0v) is 21.1. The fourth-order valence-electron chi connectivity index (χ4n) is 5.46. The van der Waals surface area contributed by atoms with E-state index in [2.05, 4.69) is 46.2 Å². The van der Waals surface area contributed by atoms with Gasteiger partial charge in [0.2, 0.25) is 29.5 Å². The number of rotatable bonds is 4. The van der Waals surface area contributed by atoms with Crippen molar-refractivity contribution in [1.29, 1.82) is 0 Å². The van der Waals surface area contributed by atoms with E-state index in [9.17, 15) is 0 Å². The molecule has 2 aliphatic heterocycles. The monoisotopic (exact) mass is 525 g/mol. The molecule has 40 heavy (non-hydrogen) atoms. The molecule has 0 amide bonds. The molecule has 6 aromatic rings. The summed E-state index contributed by atoms with van der Waals surface area (Å²) in [6.45, 7) is 0. The van der Waals surface area contributed by atoms with E-state index >= 15 is 0 Å². The van der Waals surface area contributed by atoms with Gasteiger partial charge < -0.3 is 20.6 Å². The van der Waals surface area contributed by atoms with E-state index < -0.39 is 11.3 Å². The van der Waals surface area contributed by atoms with Crippen molar-refractivity contribution >= 4 is 45.9 Å². The van der Waals surface area contributed by atoms with Gasteiger partial charge in [-0.25, -0.2) is 20.0 Å². The van der Waals surface area contributed by atoms with Gasteiger partial charge in [-0.05, 0) is 36.4 Å². The Balaban J connectivity index is 1.26. The van der Waals surface area contributed by atoms with Gasteiger partial charge in [0.15, 0.2) is 5.66 Å². The Labute approximate surface area is 227 Å². The Hall–Kier alpha value is -5.71. The molecule has 5 heterocycles. The number of anilines is 2. The largest absolute Gasteiger partial charge is 0.325 e. The molecule has 0 saturated heterocycles. The molecule has 0 aliphatic carbocycles. The minimum atomic E-state index is -1.11. The molecule has 0 bridgehead atoms. The molecular formula is C29H23N11. The molecule has 0 saturated carbocycles. The van der Waals surface area contributed by atoms with Crippen LogP contribution in [0, 0.1) is 0 Å². The molecule has 3 aromatic carbocycles. The Bertz CT molecular complexity index is 1760. The van der Waals surface area contributed by atoms with Gasteiger partial charge in [0, 0.05) is 23.5 Å². The second kappa shape index (κ2) is 8.40. The number of aliphatic imine (C=N–C) groups is 2. The van der Waals surface area contributed by atoms with E-state index in [1.54, 1.807) is 12.4 Å². The van der Waals surface area contributed by atoms with Gasteiger partial charge in [-0.3, -0.25) is 15.6 Å². The minimum absolute atomic E-state index is 0.513. The van der Waals surface area contributed by atoms with Crippen LogP contribution in [0.5, 0.6) is 0 Å². The van der Waals surface area contributed by atoms with Crippen LogP contribution in [0.4, 0.5) is 11.9 Å². The van der Waals surface area contributed by atoms with E-state index in [-0.39, 0.29) is 0 Å². The number of hydrogen-bond donors (Lipinski definition) is 6. The van der Waals surface area contributed by atoms with Crippen LogP contribution < -0.4 is 21.3 Å². The fourth-order valence-corrected chi connectivity index (χ4v) is 5.46. The summed E-state index contributed by atoms with van der Waals surface area (Å²) in [5.41, 5.74) is 3.28. The van der Waals surface area contributed by atoms with Crippen LogP contribution in [0.25, 0.3) is 22.1 Å². The van der Waals surface area contributed by atoms with Gasteiger partial charge in [-0.2, -0.15) is 0 Å². The van der Waals surface area contributed by atoms with Crippen molar-refractivity contribution < 1.29 is 0 Å². The number of H-pyrrole nitrogens is 2. The lowest BCUT2D eigenvalue weighted by atomic mass is 9.83. The molecule has 0 spiro atoms. The van der Waals surface area contributed by atoms with Crippen LogP contribution in [0.2, 0.25) is 0 Å². The third kappa shape index (κ3) is 3.34. The first-order valence-corrected chi connectivity index (χ1v) is 12.9. The van der Waals surface area contributed by atoms with E-state index in [4.69, 9.17) is 9.98 Å². The molecule has 0 atom stereocenters. The van der Waals surface area contributed by atoms with Crippen molar-refractivity contribution in [3.05, 3.63) is 115 Å². The first-order valence-electron chi connectivity index (χ1n) is 12.9. The molecule has 0 fully saturated rings. The van der Waals surface area contributed by atoms with Crippen LogP contribution in [-0.2, 0) is 11.3 Å². The summed E-state index contributed by atoms with van der Waals surface area (Å²) < 4.78 is 0.